The van der Waals surface area contributed by atoms with Gasteiger partial charge in [-0.25, -0.2) is 4.39 Å². The standard InChI is InChI=1S/C25H36FN5OS/c1-17-8-7-9-22(18(17)2)27-24(32)19(3)33-25-29-28-23(16-30-14-5-4-6-15-30)31(25)21-12-10-20(26)11-13-21/h10-13,17-19,22H,4-9,14-16H2,1-3H3,(H,27,32)/t17-,18-,19-,22+/m0/s1. The topological polar surface area (TPSA) is 63.1 Å². The number of likely N-dealkylation sites (tertiary alicyclic amines) is 1. The van der Waals surface area contributed by atoms with E-state index >= 15 is 0 Å². The van der Waals surface area contributed by atoms with E-state index in [4.69, 9.17) is 0 Å². The molecule has 0 spiro atoms. The molecule has 1 saturated carbocycles. The molecule has 6 nitrogen and oxygen atoms in total. The zero-order valence-electron chi connectivity index (χ0n) is 20.0. The molecule has 8 heteroatoms. The molecule has 2 aromatic rings. The summed E-state index contributed by atoms with van der Waals surface area (Å²) in [5.74, 6) is 1.71. The molecule has 1 aromatic heterocycles. The van der Waals surface area contributed by atoms with Crippen LogP contribution in [0.3, 0.4) is 0 Å². The van der Waals surface area contributed by atoms with Crippen LogP contribution in [0, 0.1) is 17.7 Å². The third kappa shape index (κ3) is 5.96. The van der Waals surface area contributed by atoms with Crippen LogP contribution in [0.2, 0.25) is 0 Å². The van der Waals surface area contributed by atoms with Gasteiger partial charge in [0, 0.05) is 11.7 Å². The molecule has 0 bridgehead atoms. The molecule has 33 heavy (non-hydrogen) atoms. The Morgan fingerprint density at radius 2 is 1.85 bits per heavy atom. The average molecular weight is 474 g/mol. The summed E-state index contributed by atoms with van der Waals surface area (Å²) in [6.07, 6.45) is 7.10. The monoisotopic (exact) mass is 473 g/mol. The Labute approximate surface area is 200 Å². The number of aromatic nitrogens is 3. The van der Waals surface area contributed by atoms with Crippen molar-refractivity contribution < 1.29 is 9.18 Å². The lowest BCUT2D eigenvalue weighted by Crippen LogP contribution is -2.46. The maximum absolute atomic E-state index is 13.6. The van der Waals surface area contributed by atoms with E-state index in [1.54, 1.807) is 12.1 Å². The number of rotatable bonds is 7. The Hall–Kier alpha value is -1.93. The minimum atomic E-state index is -0.305. The van der Waals surface area contributed by atoms with Gasteiger partial charge in [-0.2, -0.15) is 0 Å². The SMILES string of the molecule is C[C@H]1[C@@H](C)CCC[C@H]1NC(=O)[C@H](C)Sc1nnc(CN2CCCCC2)n1-c1ccc(F)cc1. The van der Waals surface area contributed by atoms with Crippen LogP contribution in [0.1, 0.15) is 65.1 Å². The average Bonchev–Trinajstić information content (AvgIpc) is 3.19. The summed E-state index contributed by atoms with van der Waals surface area (Å²) in [4.78, 5) is 15.4. The van der Waals surface area contributed by atoms with Gasteiger partial charge in [-0.1, -0.05) is 44.9 Å². The number of carbonyl (C=O) groups excluding carboxylic acids is 1. The summed E-state index contributed by atoms with van der Waals surface area (Å²) in [7, 11) is 0. The largest absolute Gasteiger partial charge is 0.352 e. The molecule has 1 aromatic carbocycles. The van der Waals surface area contributed by atoms with Crippen LogP contribution in [0.25, 0.3) is 5.69 Å². The summed E-state index contributed by atoms with van der Waals surface area (Å²) in [6.45, 7) is 9.24. The second kappa shape index (κ2) is 11.0. The van der Waals surface area contributed by atoms with Crippen molar-refractivity contribution in [3.63, 3.8) is 0 Å². The first kappa shape index (κ1) is 24.2. The maximum Gasteiger partial charge on any atom is 0.233 e. The van der Waals surface area contributed by atoms with E-state index in [0.29, 0.717) is 23.5 Å². The van der Waals surface area contributed by atoms with Crippen molar-refractivity contribution in [1.82, 2.24) is 25.0 Å². The van der Waals surface area contributed by atoms with Gasteiger partial charge in [0.15, 0.2) is 11.0 Å². The molecule has 1 amide bonds. The fourth-order valence-corrected chi connectivity index (χ4v) is 5.84. The molecule has 4 atom stereocenters. The van der Waals surface area contributed by atoms with Crippen molar-refractivity contribution in [3.05, 3.63) is 35.9 Å². The van der Waals surface area contributed by atoms with Crippen LogP contribution < -0.4 is 5.32 Å². The van der Waals surface area contributed by atoms with Gasteiger partial charge in [-0.15, -0.1) is 10.2 Å². The first-order chi connectivity index (χ1) is 15.9. The van der Waals surface area contributed by atoms with Gasteiger partial charge in [0.2, 0.25) is 5.91 Å². The Morgan fingerprint density at radius 1 is 1.12 bits per heavy atom. The second-order valence-electron chi connectivity index (χ2n) is 9.69. The fourth-order valence-electron chi connectivity index (χ4n) is 4.94. The maximum atomic E-state index is 13.6. The molecule has 2 aliphatic rings. The van der Waals surface area contributed by atoms with Crippen molar-refractivity contribution in [2.24, 2.45) is 11.8 Å². The highest BCUT2D eigenvalue weighted by molar-refractivity contribution is 8.00. The number of carbonyl (C=O) groups is 1. The lowest BCUT2D eigenvalue weighted by molar-refractivity contribution is -0.121. The quantitative estimate of drug-likeness (QED) is 0.585. The molecular weight excluding hydrogens is 437 g/mol. The molecule has 1 aliphatic carbocycles. The summed E-state index contributed by atoms with van der Waals surface area (Å²) >= 11 is 1.42. The predicted octanol–water partition coefficient (Wildman–Crippen LogP) is 4.81. The van der Waals surface area contributed by atoms with E-state index in [2.05, 4.69) is 34.3 Å². The van der Waals surface area contributed by atoms with Gasteiger partial charge in [0.05, 0.1) is 11.8 Å². The zero-order valence-corrected chi connectivity index (χ0v) is 20.8. The molecule has 1 aliphatic heterocycles. The van der Waals surface area contributed by atoms with Crippen molar-refractivity contribution in [1.29, 1.82) is 0 Å². The molecule has 2 heterocycles. The van der Waals surface area contributed by atoms with Crippen LogP contribution in [0.5, 0.6) is 0 Å². The molecule has 4 rings (SSSR count). The fraction of sp³-hybridized carbons (Fsp3) is 0.640. The predicted molar refractivity (Wildman–Crippen MR) is 130 cm³/mol. The van der Waals surface area contributed by atoms with Crippen molar-refractivity contribution in [3.8, 4) is 5.69 Å². The second-order valence-corrected chi connectivity index (χ2v) is 11.0. The van der Waals surface area contributed by atoms with Crippen LogP contribution in [0.4, 0.5) is 4.39 Å². The number of halogens is 1. The third-order valence-corrected chi connectivity index (χ3v) is 8.33. The highest BCUT2D eigenvalue weighted by Crippen LogP contribution is 2.31. The first-order valence-electron chi connectivity index (χ1n) is 12.3. The first-order valence-corrected chi connectivity index (χ1v) is 13.2. The number of amides is 1. The van der Waals surface area contributed by atoms with Crippen LogP contribution in [-0.2, 0) is 11.3 Å². The highest BCUT2D eigenvalue weighted by atomic mass is 32.2. The molecule has 0 radical (unpaired) electrons. The van der Waals surface area contributed by atoms with Gasteiger partial charge >= 0.3 is 0 Å². The van der Waals surface area contributed by atoms with Gasteiger partial charge in [-0.3, -0.25) is 14.3 Å². The minimum Gasteiger partial charge on any atom is -0.352 e. The number of piperidine rings is 1. The van der Waals surface area contributed by atoms with Crippen molar-refractivity contribution >= 4 is 17.7 Å². The van der Waals surface area contributed by atoms with E-state index < -0.39 is 0 Å². The normalized spacial score (nSPS) is 25.0. The molecular formula is C25H36FN5OS. The minimum absolute atomic E-state index is 0.0391. The zero-order chi connectivity index (χ0) is 23.4. The van der Waals surface area contributed by atoms with Gasteiger partial charge in [0.1, 0.15) is 5.82 Å². The van der Waals surface area contributed by atoms with Gasteiger partial charge < -0.3 is 5.32 Å². The molecule has 1 saturated heterocycles. The van der Waals surface area contributed by atoms with E-state index in [1.807, 2.05) is 11.5 Å². The molecule has 0 unspecified atom stereocenters. The van der Waals surface area contributed by atoms with Crippen LogP contribution in [-0.4, -0.2) is 50.0 Å². The number of nitrogens with one attached hydrogen (secondary N) is 1. The number of hydrogen-bond donors (Lipinski definition) is 1. The highest BCUT2D eigenvalue weighted by Gasteiger charge is 2.30. The Kier molecular flexibility index (Phi) is 8.07. The number of benzene rings is 1. The molecule has 2 fully saturated rings. The summed E-state index contributed by atoms with van der Waals surface area (Å²) in [6, 6.07) is 6.64. The van der Waals surface area contributed by atoms with E-state index in [0.717, 1.165) is 37.4 Å². The smallest absolute Gasteiger partial charge is 0.233 e. The summed E-state index contributed by atoms with van der Waals surface area (Å²) in [5.41, 5.74) is 0.818. The van der Waals surface area contributed by atoms with Gasteiger partial charge in [0.25, 0.3) is 0 Å². The van der Waals surface area contributed by atoms with E-state index in [1.165, 1.54) is 49.6 Å². The molecule has 1 N–H and O–H groups in total. The van der Waals surface area contributed by atoms with Crippen LogP contribution >= 0.6 is 11.8 Å². The lowest BCUT2D eigenvalue weighted by Gasteiger charge is -2.35. The molecule has 180 valence electrons. The number of nitrogens with zero attached hydrogens (tertiary/aromatic N) is 4. The van der Waals surface area contributed by atoms with Crippen LogP contribution in [0.15, 0.2) is 29.4 Å². The van der Waals surface area contributed by atoms with E-state index in [9.17, 15) is 9.18 Å². The Morgan fingerprint density at radius 3 is 2.58 bits per heavy atom. The van der Waals surface area contributed by atoms with Crippen molar-refractivity contribution in [2.45, 2.75) is 82.3 Å². The lowest BCUT2D eigenvalue weighted by atomic mass is 9.78. The van der Waals surface area contributed by atoms with Crippen molar-refractivity contribution in [2.75, 3.05) is 13.1 Å². The summed E-state index contributed by atoms with van der Waals surface area (Å²) < 4.78 is 15.6. The third-order valence-electron chi connectivity index (χ3n) is 7.28. The Balaban J connectivity index is 1.51. The number of thioether (sulfide) groups is 1. The Bertz CT molecular complexity index is 927. The summed E-state index contributed by atoms with van der Waals surface area (Å²) in [5, 5.41) is 12.6. The van der Waals surface area contributed by atoms with Gasteiger partial charge in [-0.05, 0) is 75.4 Å². The number of hydrogen-bond acceptors (Lipinski definition) is 5. The van der Waals surface area contributed by atoms with E-state index in [-0.39, 0.29) is 23.0 Å².